The number of nitrogens with zero attached hydrogens (tertiary/aromatic N) is 1. The number of likely N-dealkylation sites (N-methyl/N-ethyl adjacent to an activating group) is 1. The fourth-order valence-electron chi connectivity index (χ4n) is 2.85. The van der Waals surface area contributed by atoms with Gasteiger partial charge in [-0.1, -0.05) is 0 Å². The van der Waals surface area contributed by atoms with Gasteiger partial charge in [-0.15, -0.1) is 0 Å². The van der Waals surface area contributed by atoms with Crippen LogP contribution >= 0.6 is 0 Å². The van der Waals surface area contributed by atoms with Crippen molar-refractivity contribution in [1.29, 1.82) is 0 Å². The minimum absolute atomic E-state index is 0.000485. The van der Waals surface area contributed by atoms with Gasteiger partial charge in [-0.25, -0.2) is 13.1 Å². The Morgan fingerprint density at radius 2 is 1.89 bits per heavy atom. The van der Waals surface area contributed by atoms with Gasteiger partial charge in [0.15, 0.2) is 0 Å². The Kier molecular flexibility index (Phi) is 5.50. The molecule has 1 atom stereocenters. The second-order valence-corrected chi connectivity index (χ2v) is 8.42. The number of carbonyl (C=O) groups is 2. The molecule has 1 heterocycles. The van der Waals surface area contributed by atoms with Crippen LogP contribution in [0.2, 0.25) is 0 Å². The van der Waals surface area contributed by atoms with Gasteiger partial charge in [0.25, 0.3) is 5.91 Å². The van der Waals surface area contributed by atoms with E-state index in [0.29, 0.717) is 17.7 Å². The quantitative estimate of drug-likeness (QED) is 0.668. The maximum Gasteiger partial charge on any atom is 0.255 e. The summed E-state index contributed by atoms with van der Waals surface area (Å²) in [5, 5.41) is 12.0. The first-order chi connectivity index (χ1) is 13.2. The highest BCUT2D eigenvalue weighted by atomic mass is 32.2. The molecule has 148 valence electrons. The van der Waals surface area contributed by atoms with E-state index in [1.54, 1.807) is 30.1 Å². The standard InChI is InChI=1S/C19H21N3O5S/c1-12(23)11-20-28(26,27)16-6-3-13(4-7-16)19(25)21-15-5-8-17-14(9-15)10-18(24)22(17)2/h3-9,12,20,23H,10-11H2,1-2H3,(H,21,25). The molecule has 0 aromatic heterocycles. The summed E-state index contributed by atoms with van der Waals surface area (Å²) in [5.41, 5.74) is 2.52. The molecule has 2 amide bonds. The van der Waals surface area contributed by atoms with Crippen molar-refractivity contribution < 1.29 is 23.1 Å². The van der Waals surface area contributed by atoms with Gasteiger partial charge in [0, 0.05) is 30.5 Å². The van der Waals surface area contributed by atoms with Crippen LogP contribution in [0.4, 0.5) is 11.4 Å². The number of aliphatic hydroxyl groups excluding tert-OH is 1. The molecule has 2 aromatic carbocycles. The smallest absolute Gasteiger partial charge is 0.255 e. The lowest BCUT2D eigenvalue weighted by Gasteiger charge is -2.11. The third-order valence-corrected chi connectivity index (χ3v) is 5.85. The van der Waals surface area contributed by atoms with Gasteiger partial charge >= 0.3 is 0 Å². The molecule has 2 aromatic rings. The van der Waals surface area contributed by atoms with E-state index in [1.807, 2.05) is 0 Å². The van der Waals surface area contributed by atoms with Crippen LogP contribution in [0.15, 0.2) is 47.4 Å². The number of benzene rings is 2. The van der Waals surface area contributed by atoms with E-state index in [-0.39, 0.29) is 17.3 Å². The lowest BCUT2D eigenvalue weighted by atomic mass is 10.1. The Bertz CT molecular complexity index is 1020. The Morgan fingerprint density at radius 3 is 2.54 bits per heavy atom. The minimum atomic E-state index is -3.75. The van der Waals surface area contributed by atoms with Crippen molar-refractivity contribution in [2.24, 2.45) is 0 Å². The average molecular weight is 403 g/mol. The molecule has 9 heteroatoms. The summed E-state index contributed by atoms with van der Waals surface area (Å²) in [5.74, 6) is -0.391. The fourth-order valence-corrected chi connectivity index (χ4v) is 3.97. The maximum atomic E-state index is 12.4. The first kappa shape index (κ1) is 20.0. The van der Waals surface area contributed by atoms with E-state index >= 15 is 0 Å². The molecule has 8 nitrogen and oxygen atoms in total. The summed E-state index contributed by atoms with van der Waals surface area (Å²) in [4.78, 5) is 25.8. The Balaban J connectivity index is 1.71. The van der Waals surface area contributed by atoms with Crippen molar-refractivity contribution >= 4 is 33.2 Å². The fraction of sp³-hybridized carbons (Fsp3) is 0.263. The van der Waals surface area contributed by atoms with Crippen LogP contribution in [0.5, 0.6) is 0 Å². The molecule has 1 unspecified atom stereocenters. The highest BCUT2D eigenvalue weighted by Crippen LogP contribution is 2.30. The van der Waals surface area contributed by atoms with Gasteiger partial charge in [0.2, 0.25) is 15.9 Å². The number of fused-ring (bicyclic) bond motifs is 1. The Morgan fingerprint density at radius 1 is 1.21 bits per heavy atom. The summed E-state index contributed by atoms with van der Waals surface area (Å²) in [6.07, 6.45) is -0.510. The molecule has 3 rings (SSSR count). The van der Waals surface area contributed by atoms with Crippen molar-refractivity contribution in [3.63, 3.8) is 0 Å². The third-order valence-electron chi connectivity index (χ3n) is 4.41. The van der Waals surface area contributed by atoms with E-state index in [4.69, 9.17) is 0 Å². The zero-order valence-corrected chi connectivity index (χ0v) is 16.3. The van der Waals surface area contributed by atoms with Crippen LogP contribution in [0.3, 0.4) is 0 Å². The number of anilines is 2. The molecule has 3 N–H and O–H groups in total. The lowest BCUT2D eigenvalue weighted by molar-refractivity contribution is -0.117. The molecule has 0 aliphatic carbocycles. The van der Waals surface area contributed by atoms with Gasteiger partial charge in [-0.05, 0) is 55.0 Å². The topological polar surface area (TPSA) is 116 Å². The summed E-state index contributed by atoms with van der Waals surface area (Å²) in [6, 6.07) is 10.7. The van der Waals surface area contributed by atoms with E-state index < -0.39 is 22.0 Å². The molecule has 0 saturated heterocycles. The van der Waals surface area contributed by atoms with E-state index in [9.17, 15) is 23.1 Å². The van der Waals surface area contributed by atoms with Crippen LogP contribution in [0.25, 0.3) is 0 Å². The number of nitrogens with one attached hydrogen (secondary N) is 2. The third kappa shape index (κ3) is 4.22. The van der Waals surface area contributed by atoms with E-state index in [0.717, 1.165) is 11.3 Å². The zero-order valence-electron chi connectivity index (χ0n) is 15.5. The van der Waals surface area contributed by atoms with Crippen molar-refractivity contribution in [1.82, 2.24) is 4.72 Å². The minimum Gasteiger partial charge on any atom is -0.392 e. The second kappa shape index (κ2) is 7.70. The number of sulfonamides is 1. The molecule has 1 aliphatic rings. The average Bonchev–Trinajstić information content (AvgIpc) is 2.94. The van der Waals surface area contributed by atoms with Gasteiger partial charge in [0.05, 0.1) is 17.4 Å². The second-order valence-electron chi connectivity index (χ2n) is 6.65. The first-order valence-corrected chi connectivity index (χ1v) is 10.1. The van der Waals surface area contributed by atoms with Crippen LogP contribution in [-0.4, -0.2) is 45.0 Å². The van der Waals surface area contributed by atoms with Gasteiger partial charge in [-0.2, -0.15) is 0 Å². The van der Waals surface area contributed by atoms with E-state index in [1.165, 1.54) is 31.2 Å². The molecule has 0 radical (unpaired) electrons. The molecule has 0 spiro atoms. The van der Waals surface area contributed by atoms with Crippen molar-refractivity contribution in [3.8, 4) is 0 Å². The van der Waals surface area contributed by atoms with E-state index in [2.05, 4.69) is 10.0 Å². The first-order valence-electron chi connectivity index (χ1n) is 8.66. The SMILES string of the molecule is CC(O)CNS(=O)(=O)c1ccc(C(=O)Nc2ccc3c(c2)CC(=O)N3C)cc1. The number of rotatable bonds is 6. The number of carbonyl (C=O) groups excluding carboxylic acids is 2. The van der Waals surface area contributed by atoms with Crippen LogP contribution < -0.4 is 14.9 Å². The number of hydrogen-bond donors (Lipinski definition) is 3. The van der Waals surface area contributed by atoms with Crippen molar-refractivity contribution in [3.05, 3.63) is 53.6 Å². The van der Waals surface area contributed by atoms with Crippen LogP contribution in [0.1, 0.15) is 22.8 Å². The molecule has 0 fully saturated rings. The van der Waals surface area contributed by atoms with Crippen molar-refractivity contribution in [2.75, 3.05) is 23.8 Å². The summed E-state index contributed by atoms with van der Waals surface area (Å²) >= 11 is 0. The van der Waals surface area contributed by atoms with Crippen molar-refractivity contribution in [2.45, 2.75) is 24.3 Å². The molecule has 0 saturated carbocycles. The highest BCUT2D eigenvalue weighted by Gasteiger charge is 2.24. The Hall–Kier alpha value is -2.75. The number of aliphatic hydroxyl groups is 1. The summed E-state index contributed by atoms with van der Waals surface area (Å²) in [7, 11) is -2.05. The number of amides is 2. The predicted molar refractivity (Wildman–Crippen MR) is 105 cm³/mol. The Labute approximate surface area is 163 Å². The monoisotopic (exact) mass is 403 g/mol. The highest BCUT2D eigenvalue weighted by molar-refractivity contribution is 7.89. The normalized spacial score (nSPS) is 14.7. The lowest BCUT2D eigenvalue weighted by Crippen LogP contribution is -2.30. The molecule has 1 aliphatic heterocycles. The number of hydrogen-bond acceptors (Lipinski definition) is 5. The largest absolute Gasteiger partial charge is 0.392 e. The summed E-state index contributed by atoms with van der Waals surface area (Å²) in [6.45, 7) is 1.38. The zero-order chi connectivity index (χ0) is 20.5. The van der Waals surface area contributed by atoms with Gasteiger partial charge in [-0.3, -0.25) is 9.59 Å². The molecule has 28 heavy (non-hydrogen) atoms. The van der Waals surface area contributed by atoms with Crippen LogP contribution in [-0.2, 0) is 21.2 Å². The molecular weight excluding hydrogens is 382 g/mol. The summed E-state index contributed by atoms with van der Waals surface area (Å²) < 4.78 is 26.5. The maximum absolute atomic E-state index is 12.4. The molecular formula is C19H21N3O5S. The predicted octanol–water partition coefficient (Wildman–Crippen LogP) is 1.12. The molecule has 0 bridgehead atoms. The van der Waals surface area contributed by atoms with Gasteiger partial charge < -0.3 is 15.3 Å². The van der Waals surface area contributed by atoms with Crippen LogP contribution in [0, 0.1) is 0 Å². The van der Waals surface area contributed by atoms with Gasteiger partial charge in [0.1, 0.15) is 0 Å².